The number of benzene rings is 3. The highest BCUT2D eigenvalue weighted by Gasteiger charge is 2.40. The third-order valence-corrected chi connectivity index (χ3v) is 6.05. The fourth-order valence-corrected chi connectivity index (χ4v) is 4.28. The molecule has 0 N–H and O–H groups in total. The Kier molecular flexibility index (Phi) is 5.71. The fraction of sp³-hybridized carbons (Fsp3) is 0.296. The standard InChI is InChI=1S/C27H28N2O3/c1-3-4-17-31-22-15-11-20(12-16-22)27-29-25(23-7-5-6-8-26(23)32-27)18-24(28-29)19-9-13-21(30-2)14-10-19/h5-16,25,27H,3-4,17-18H2,1-2H3. The summed E-state index contributed by atoms with van der Waals surface area (Å²) in [6.07, 6.45) is 2.73. The third-order valence-electron chi connectivity index (χ3n) is 6.05. The van der Waals surface area contributed by atoms with Gasteiger partial charge in [0.15, 0.2) is 0 Å². The Balaban J connectivity index is 1.45. The Morgan fingerprint density at radius 2 is 1.72 bits per heavy atom. The first kappa shape index (κ1) is 20.4. The lowest BCUT2D eigenvalue weighted by Crippen LogP contribution is -2.33. The lowest BCUT2D eigenvalue weighted by molar-refractivity contribution is -0.0190. The number of para-hydroxylation sites is 1. The average Bonchev–Trinajstić information content (AvgIpc) is 3.30. The topological polar surface area (TPSA) is 43.3 Å². The first-order valence-corrected chi connectivity index (χ1v) is 11.3. The Morgan fingerprint density at radius 1 is 0.969 bits per heavy atom. The minimum absolute atomic E-state index is 0.141. The molecule has 0 spiro atoms. The van der Waals surface area contributed by atoms with E-state index in [2.05, 4.69) is 48.3 Å². The number of hydrogen-bond acceptors (Lipinski definition) is 5. The molecule has 0 fully saturated rings. The summed E-state index contributed by atoms with van der Waals surface area (Å²) in [5.74, 6) is 2.66. The third kappa shape index (κ3) is 3.91. The second-order valence-corrected chi connectivity index (χ2v) is 8.15. The summed E-state index contributed by atoms with van der Waals surface area (Å²) < 4.78 is 17.6. The highest BCUT2D eigenvalue weighted by atomic mass is 16.5. The quantitative estimate of drug-likeness (QED) is 0.426. The van der Waals surface area contributed by atoms with Crippen molar-refractivity contribution in [2.75, 3.05) is 13.7 Å². The van der Waals surface area contributed by atoms with E-state index in [0.717, 1.165) is 60.0 Å². The van der Waals surface area contributed by atoms with E-state index in [1.807, 2.05) is 36.4 Å². The van der Waals surface area contributed by atoms with Crippen molar-refractivity contribution in [2.24, 2.45) is 5.10 Å². The molecule has 32 heavy (non-hydrogen) atoms. The molecular weight excluding hydrogens is 400 g/mol. The average molecular weight is 429 g/mol. The number of ether oxygens (including phenoxy) is 3. The molecule has 3 aromatic carbocycles. The van der Waals surface area contributed by atoms with Gasteiger partial charge in [0.1, 0.15) is 17.2 Å². The second kappa shape index (κ2) is 8.95. The minimum atomic E-state index is -0.282. The molecular formula is C27H28N2O3. The van der Waals surface area contributed by atoms with Crippen molar-refractivity contribution < 1.29 is 14.2 Å². The van der Waals surface area contributed by atoms with Crippen LogP contribution in [0.2, 0.25) is 0 Å². The van der Waals surface area contributed by atoms with Crippen LogP contribution in [0.15, 0.2) is 77.9 Å². The van der Waals surface area contributed by atoms with Gasteiger partial charge in [-0.1, -0.05) is 31.5 Å². The molecule has 3 aromatic rings. The van der Waals surface area contributed by atoms with Gasteiger partial charge < -0.3 is 14.2 Å². The molecule has 2 atom stereocenters. The van der Waals surface area contributed by atoms with Crippen LogP contribution in [0.1, 0.15) is 55.1 Å². The number of fused-ring (bicyclic) bond motifs is 3. The van der Waals surface area contributed by atoms with Crippen LogP contribution in [0.25, 0.3) is 0 Å². The molecule has 164 valence electrons. The van der Waals surface area contributed by atoms with Gasteiger partial charge in [0.2, 0.25) is 6.23 Å². The number of nitrogens with zero attached hydrogens (tertiary/aromatic N) is 2. The van der Waals surface area contributed by atoms with E-state index in [-0.39, 0.29) is 12.3 Å². The molecule has 5 heteroatoms. The number of hydrazone groups is 1. The summed E-state index contributed by atoms with van der Waals surface area (Å²) in [6.45, 7) is 2.91. The van der Waals surface area contributed by atoms with E-state index in [1.54, 1.807) is 7.11 Å². The van der Waals surface area contributed by atoms with Crippen molar-refractivity contribution in [1.29, 1.82) is 0 Å². The van der Waals surface area contributed by atoms with Crippen LogP contribution in [0.4, 0.5) is 0 Å². The monoisotopic (exact) mass is 428 g/mol. The first-order valence-electron chi connectivity index (χ1n) is 11.3. The minimum Gasteiger partial charge on any atom is -0.497 e. The van der Waals surface area contributed by atoms with Crippen molar-refractivity contribution >= 4 is 5.71 Å². The van der Waals surface area contributed by atoms with Gasteiger partial charge in [-0.15, -0.1) is 0 Å². The van der Waals surface area contributed by atoms with E-state index in [1.165, 1.54) is 5.56 Å². The highest BCUT2D eigenvalue weighted by Crippen LogP contribution is 2.47. The number of hydrogen-bond donors (Lipinski definition) is 0. The van der Waals surface area contributed by atoms with Crippen molar-refractivity contribution in [2.45, 2.75) is 38.5 Å². The van der Waals surface area contributed by atoms with Crippen molar-refractivity contribution in [3.63, 3.8) is 0 Å². The zero-order chi connectivity index (χ0) is 21.9. The summed E-state index contributed by atoms with van der Waals surface area (Å²) in [5, 5.41) is 7.13. The summed E-state index contributed by atoms with van der Waals surface area (Å²) >= 11 is 0. The SMILES string of the molecule is CCCCOc1ccc(C2Oc3ccccc3C3CC(c4ccc(OC)cc4)=NN32)cc1. The summed E-state index contributed by atoms with van der Waals surface area (Å²) in [6, 6.07) is 24.7. The number of unbranched alkanes of at least 4 members (excludes halogenated alkanes) is 1. The van der Waals surface area contributed by atoms with Crippen molar-refractivity contribution in [1.82, 2.24) is 5.01 Å². The number of methoxy groups -OCH3 is 1. The molecule has 0 saturated carbocycles. The molecule has 0 radical (unpaired) electrons. The maximum atomic E-state index is 6.45. The molecule has 5 rings (SSSR count). The fourth-order valence-electron chi connectivity index (χ4n) is 4.28. The molecule has 2 aliphatic heterocycles. The predicted molar refractivity (Wildman–Crippen MR) is 125 cm³/mol. The van der Waals surface area contributed by atoms with Crippen molar-refractivity contribution in [3.05, 3.63) is 89.5 Å². The zero-order valence-electron chi connectivity index (χ0n) is 18.5. The Morgan fingerprint density at radius 3 is 2.47 bits per heavy atom. The summed E-state index contributed by atoms with van der Waals surface area (Å²) in [4.78, 5) is 0. The van der Waals surface area contributed by atoms with Gasteiger partial charge in [0, 0.05) is 17.5 Å². The van der Waals surface area contributed by atoms with Gasteiger partial charge in [-0.2, -0.15) is 5.10 Å². The second-order valence-electron chi connectivity index (χ2n) is 8.15. The maximum absolute atomic E-state index is 6.45. The van der Waals surface area contributed by atoms with Crippen LogP contribution in [0, 0.1) is 0 Å². The van der Waals surface area contributed by atoms with E-state index in [0.29, 0.717) is 0 Å². The van der Waals surface area contributed by atoms with Crippen LogP contribution >= 0.6 is 0 Å². The van der Waals surface area contributed by atoms with E-state index < -0.39 is 0 Å². The molecule has 0 bridgehead atoms. The molecule has 0 aromatic heterocycles. The maximum Gasteiger partial charge on any atom is 0.213 e. The molecule has 0 saturated heterocycles. The molecule has 2 aliphatic rings. The van der Waals surface area contributed by atoms with Gasteiger partial charge >= 0.3 is 0 Å². The van der Waals surface area contributed by atoms with Crippen LogP contribution in [0.5, 0.6) is 17.2 Å². The summed E-state index contributed by atoms with van der Waals surface area (Å²) in [7, 11) is 1.68. The molecule has 2 heterocycles. The van der Waals surface area contributed by atoms with Gasteiger partial charge in [-0.3, -0.25) is 0 Å². The lowest BCUT2D eigenvalue weighted by atomic mass is 9.96. The van der Waals surface area contributed by atoms with Crippen LogP contribution < -0.4 is 14.2 Å². The Labute approximate surface area is 189 Å². The largest absolute Gasteiger partial charge is 0.497 e. The van der Waals surface area contributed by atoms with Crippen LogP contribution in [-0.4, -0.2) is 24.4 Å². The first-order chi connectivity index (χ1) is 15.8. The van der Waals surface area contributed by atoms with Gasteiger partial charge in [-0.25, -0.2) is 5.01 Å². The van der Waals surface area contributed by atoms with Crippen molar-refractivity contribution in [3.8, 4) is 17.2 Å². The number of rotatable bonds is 7. The molecule has 5 nitrogen and oxygen atoms in total. The van der Waals surface area contributed by atoms with Gasteiger partial charge in [0.05, 0.1) is 25.5 Å². The zero-order valence-corrected chi connectivity index (χ0v) is 18.5. The summed E-state index contributed by atoms with van der Waals surface area (Å²) in [5.41, 5.74) is 4.40. The normalized spacial score (nSPS) is 18.9. The van der Waals surface area contributed by atoms with E-state index in [9.17, 15) is 0 Å². The lowest BCUT2D eigenvalue weighted by Gasteiger charge is -2.38. The van der Waals surface area contributed by atoms with E-state index >= 15 is 0 Å². The molecule has 0 amide bonds. The molecule has 0 aliphatic carbocycles. The van der Waals surface area contributed by atoms with E-state index in [4.69, 9.17) is 19.3 Å². The highest BCUT2D eigenvalue weighted by molar-refractivity contribution is 6.02. The molecule has 2 unspecified atom stereocenters. The predicted octanol–water partition coefficient (Wildman–Crippen LogP) is 6.12. The van der Waals surface area contributed by atoms with Crippen LogP contribution in [-0.2, 0) is 0 Å². The van der Waals surface area contributed by atoms with Gasteiger partial charge in [0.25, 0.3) is 0 Å². The van der Waals surface area contributed by atoms with Gasteiger partial charge in [-0.05, 0) is 66.6 Å². The Hall–Kier alpha value is -3.47. The Bertz CT molecular complexity index is 1090. The van der Waals surface area contributed by atoms with Crippen LogP contribution in [0.3, 0.4) is 0 Å². The smallest absolute Gasteiger partial charge is 0.213 e.